The highest BCUT2D eigenvalue weighted by molar-refractivity contribution is 6.57. The summed E-state index contributed by atoms with van der Waals surface area (Å²) in [6, 6.07) is 8.15. The Morgan fingerprint density at radius 3 is 2.62 bits per heavy atom. The van der Waals surface area contributed by atoms with Gasteiger partial charge in [-0.1, -0.05) is 26.0 Å². The lowest BCUT2D eigenvalue weighted by atomic mass is 9.76. The molecule has 0 N–H and O–H groups in total. The number of nitrogens with zero attached hydrogens (tertiary/aromatic N) is 1. The summed E-state index contributed by atoms with van der Waals surface area (Å²) in [6.45, 7) is 5.24. The van der Waals surface area contributed by atoms with Crippen LogP contribution < -0.4 is 10.4 Å². The van der Waals surface area contributed by atoms with E-state index in [0.717, 1.165) is 22.5 Å². The molecule has 21 heavy (non-hydrogen) atoms. The molecule has 0 radical (unpaired) electrons. The maximum atomic E-state index is 11.8. The SMILES string of the molecule is CC1(C)Cn2cccc2-c2ccc3c(c21)=CC(=O)C(=O)C=3. The molecule has 2 aliphatic rings. The zero-order valence-electron chi connectivity index (χ0n) is 12.0. The normalized spacial score (nSPS) is 18.2. The lowest BCUT2D eigenvalue weighted by molar-refractivity contribution is -0.129. The first-order valence-electron chi connectivity index (χ1n) is 7.08. The number of Topliss-reactive ketones (excluding diaryl/α,β-unsaturated/α-hetero) is 2. The van der Waals surface area contributed by atoms with E-state index in [0.29, 0.717) is 0 Å². The summed E-state index contributed by atoms with van der Waals surface area (Å²) in [5, 5.41) is 1.76. The van der Waals surface area contributed by atoms with Crippen molar-refractivity contribution in [2.24, 2.45) is 0 Å². The molecular formula is C18H15NO2. The average molecular weight is 277 g/mol. The van der Waals surface area contributed by atoms with E-state index < -0.39 is 11.6 Å². The predicted octanol–water partition coefficient (Wildman–Crippen LogP) is 1.16. The van der Waals surface area contributed by atoms with E-state index in [1.165, 1.54) is 23.4 Å². The van der Waals surface area contributed by atoms with Crippen LogP contribution in [0.3, 0.4) is 0 Å². The van der Waals surface area contributed by atoms with E-state index in [1.807, 2.05) is 12.1 Å². The molecule has 3 nitrogen and oxygen atoms in total. The van der Waals surface area contributed by atoms with Gasteiger partial charge in [0.2, 0.25) is 11.6 Å². The van der Waals surface area contributed by atoms with Gasteiger partial charge in [0.1, 0.15) is 0 Å². The third-order valence-electron chi connectivity index (χ3n) is 4.43. The fourth-order valence-electron chi connectivity index (χ4n) is 3.58. The summed E-state index contributed by atoms with van der Waals surface area (Å²) >= 11 is 0. The number of ketones is 2. The molecule has 4 rings (SSSR count). The van der Waals surface area contributed by atoms with Gasteiger partial charge >= 0.3 is 0 Å². The molecule has 0 bridgehead atoms. The van der Waals surface area contributed by atoms with Gasteiger partial charge in [0.15, 0.2) is 0 Å². The second-order valence-corrected chi connectivity index (χ2v) is 6.41. The monoisotopic (exact) mass is 277 g/mol. The Balaban J connectivity index is 2.18. The summed E-state index contributed by atoms with van der Waals surface area (Å²) in [5.41, 5.74) is 3.41. The lowest BCUT2D eigenvalue weighted by Crippen LogP contribution is -2.43. The van der Waals surface area contributed by atoms with Crippen LogP contribution in [-0.4, -0.2) is 16.1 Å². The first-order valence-corrected chi connectivity index (χ1v) is 7.08. The third kappa shape index (κ3) is 1.60. The molecule has 1 aliphatic carbocycles. The van der Waals surface area contributed by atoms with Crippen molar-refractivity contribution in [2.75, 3.05) is 0 Å². The molecular weight excluding hydrogens is 262 g/mol. The molecule has 0 amide bonds. The largest absolute Gasteiger partial charge is 0.347 e. The Morgan fingerprint density at radius 2 is 1.81 bits per heavy atom. The molecule has 2 heterocycles. The molecule has 2 aromatic rings. The number of benzene rings is 1. The van der Waals surface area contributed by atoms with Crippen molar-refractivity contribution < 1.29 is 9.59 Å². The molecule has 0 saturated heterocycles. The molecule has 1 aromatic carbocycles. The smallest absolute Gasteiger partial charge is 0.226 e. The van der Waals surface area contributed by atoms with Crippen molar-refractivity contribution in [3.63, 3.8) is 0 Å². The number of fused-ring (bicyclic) bond motifs is 5. The van der Waals surface area contributed by atoms with E-state index >= 15 is 0 Å². The molecule has 0 atom stereocenters. The summed E-state index contributed by atoms with van der Waals surface area (Å²) in [4.78, 5) is 23.4. The van der Waals surface area contributed by atoms with E-state index in [1.54, 1.807) is 0 Å². The van der Waals surface area contributed by atoms with Crippen molar-refractivity contribution in [1.29, 1.82) is 0 Å². The fourth-order valence-corrected chi connectivity index (χ4v) is 3.58. The van der Waals surface area contributed by atoms with E-state index in [2.05, 4.69) is 36.7 Å². The topological polar surface area (TPSA) is 39.1 Å². The highest BCUT2D eigenvalue weighted by Crippen LogP contribution is 2.37. The average Bonchev–Trinajstić information content (AvgIpc) is 2.86. The second kappa shape index (κ2) is 3.82. The molecule has 104 valence electrons. The number of aromatic nitrogens is 1. The summed E-state index contributed by atoms with van der Waals surface area (Å²) in [6.07, 6.45) is 5.06. The summed E-state index contributed by atoms with van der Waals surface area (Å²) < 4.78 is 2.24. The first kappa shape index (κ1) is 12.3. The Labute approximate surface area is 122 Å². The van der Waals surface area contributed by atoms with E-state index in [4.69, 9.17) is 0 Å². The number of carbonyl (C=O) groups is 2. The Kier molecular flexibility index (Phi) is 2.24. The summed E-state index contributed by atoms with van der Waals surface area (Å²) in [7, 11) is 0. The molecule has 1 aliphatic heterocycles. The molecule has 1 aromatic heterocycles. The van der Waals surface area contributed by atoms with Crippen LogP contribution >= 0.6 is 0 Å². The zero-order chi connectivity index (χ0) is 14.8. The molecule has 0 unspecified atom stereocenters. The number of hydrogen-bond donors (Lipinski definition) is 0. The van der Waals surface area contributed by atoms with Gasteiger partial charge in [0.25, 0.3) is 0 Å². The number of carbonyl (C=O) groups excluding carboxylic acids is 2. The van der Waals surface area contributed by atoms with Gasteiger partial charge in [-0.25, -0.2) is 0 Å². The first-order chi connectivity index (χ1) is 9.97. The van der Waals surface area contributed by atoms with Gasteiger partial charge in [0, 0.05) is 29.4 Å². The van der Waals surface area contributed by atoms with Crippen molar-refractivity contribution in [2.45, 2.75) is 25.8 Å². The Hall–Kier alpha value is -2.42. The number of hydrogen-bond acceptors (Lipinski definition) is 2. The van der Waals surface area contributed by atoms with Crippen LogP contribution in [0, 0.1) is 0 Å². The minimum Gasteiger partial charge on any atom is -0.347 e. The maximum absolute atomic E-state index is 11.8. The second-order valence-electron chi connectivity index (χ2n) is 6.41. The van der Waals surface area contributed by atoms with Crippen LogP contribution in [0.25, 0.3) is 23.4 Å². The van der Waals surface area contributed by atoms with Crippen LogP contribution in [-0.2, 0) is 21.5 Å². The standard InChI is InChI=1S/C18H15NO2/c1-18(2)10-19-7-3-4-14(19)12-6-5-11-8-15(20)16(21)9-13(11)17(12)18/h3-9H,10H2,1-2H3. The number of rotatable bonds is 0. The van der Waals surface area contributed by atoms with Gasteiger partial charge in [-0.2, -0.15) is 0 Å². The lowest BCUT2D eigenvalue weighted by Gasteiger charge is -2.35. The minimum atomic E-state index is -0.431. The van der Waals surface area contributed by atoms with Gasteiger partial charge in [-0.3, -0.25) is 9.59 Å². The summed E-state index contributed by atoms with van der Waals surface area (Å²) in [5.74, 6) is -0.855. The highest BCUT2D eigenvalue weighted by Gasteiger charge is 2.32. The maximum Gasteiger partial charge on any atom is 0.226 e. The molecule has 0 fully saturated rings. The Morgan fingerprint density at radius 1 is 1.05 bits per heavy atom. The quantitative estimate of drug-likeness (QED) is 0.678. The van der Waals surface area contributed by atoms with Crippen molar-refractivity contribution in [3.05, 3.63) is 46.5 Å². The van der Waals surface area contributed by atoms with Gasteiger partial charge < -0.3 is 4.57 Å². The third-order valence-corrected chi connectivity index (χ3v) is 4.43. The van der Waals surface area contributed by atoms with E-state index in [9.17, 15) is 9.59 Å². The van der Waals surface area contributed by atoms with Crippen LogP contribution in [0.5, 0.6) is 0 Å². The van der Waals surface area contributed by atoms with Crippen molar-refractivity contribution in [1.82, 2.24) is 4.57 Å². The highest BCUT2D eigenvalue weighted by atomic mass is 16.2. The van der Waals surface area contributed by atoms with Gasteiger partial charge in [-0.05, 0) is 40.3 Å². The van der Waals surface area contributed by atoms with Crippen molar-refractivity contribution in [3.8, 4) is 11.3 Å². The van der Waals surface area contributed by atoms with Gasteiger partial charge in [-0.15, -0.1) is 0 Å². The molecule has 3 heteroatoms. The van der Waals surface area contributed by atoms with Gasteiger partial charge in [0.05, 0.1) is 0 Å². The predicted molar refractivity (Wildman–Crippen MR) is 81.1 cm³/mol. The molecule has 0 saturated carbocycles. The Bertz CT molecular complexity index is 929. The minimum absolute atomic E-state index is 0.0856. The van der Waals surface area contributed by atoms with Crippen LogP contribution in [0.15, 0.2) is 30.5 Å². The van der Waals surface area contributed by atoms with Crippen LogP contribution in [0.1, 0.15) is 19.4 Å². The van der Waals surface area contributed by atoms with Crippen LogP contribution in [0.4, 0.5) is 0 Å². The molecule has 0 spiro atoms. The van der Waals surface area contributed by atoms with Crippen LogP contribution in [0.2, 0.25) is 0 Å². The van der Waals surface area contributed by atoms with E-state index in [-0.39, 0.29) is 5.41 Å². The fraction of sp³-hybridized carbons (Fsp3) is 0.222. The zero-order valence-corrected chi connectivity index (χ0v) is 12.0. The van der Waals surface area contributed by atoms with Crippen molar-refractivity contribution >= 4 is 23.7 Å².